The molecule has 0 aromatic heterocycles. The minimum Gasteiger partial charge on any atom is -0.316 e. The first kappa shape index (κ1) is 31.0. The molecule has 0 amide bonds. The third-order valence-electron chi connectivity index (χ3n) is 8.33. The summed E-state index contributed by atoms with van der Waals surface area (Å²) in [6.07, 6.45) is 7.39. The third kappa shape index (κ3) is 6.92. The fourth-order valence-corrected chi connectivity index (χ4v) is 12.9. The Balaban J connectivity index is 0.000000181. The molecule has 6 rings (SSSR count). The summed E-state index contributed by atoms with van der Waals surface area (Å²) in [4.78, 5) is 0. The Labute approximate surface area is 253 Å². The summed E-state index contributed by atoms with van der Waals surface area (Å²) in [6.45, 7) is 4.54. The average Bonchev–Trinajstić information content (AvgIpc) is 3.63. The van der Waals surface area contributed by atoms with Gasteiger partial charge in [-0.1, -0.05) is 155 Å². The molecule has 2 unspecified atom stereocenters. The molecule has 208 valence electrons. The molecule has 2 aliphatic rings. The molecular weight excluding hydrogens is 566 g/mol. The van der Waals surface area contributed by atoms with Crippen LogP contribution in [0.1, 0.15) is 52.4 Å². The van der Waals surface area contributed by atoms with Crippen LogP contribution in [0.5, 0.6) is 0 Å². The molecule has 0 radical (unpaired) electrons. The van der Waals surface area contributed by atoms with E-state index >= 15 is 0 Å². The van der Waals surface area contributed by atoms with Gasteiger partial charge in [-0.05, 0) is 10.6 Å². The number of hydrogen-bond acceptors (Lipinski definition) is 1. The van der Waals surface area contributed by atoms with Crippen molar-refractivity contribution in [2.24, 2.45) is 0 Å². The maximum Gasteiger partial charge on any atom is 2.00 e. The predicted molar refractivity (Wildman–Crippen MR) is 172 cm³/mol. The summed E-state index contributed by atoms with van der Waals surface area (Å²) in [5.41, 5.74) is 0.993. The maximum atomic E-state index is 14.0. The van der Waals surface area contributed by atoms with Crippen molar-refractivity contribution in [3.05, 3.63) is 133 Å². The molecule has 0 spiro atoms. The van der Waals surface area contributed by atoms with Gasteiger partial charge < -0.3 is 16.4 Å². The van der Waals surface area contributed by atoms with E-state index in [1.807, 2.05) is 60.7 Å². The fourth-order valence-electron chi connectivity index (χ4n) is 6.31. The number of benzene rings is 4. The first-order valence-electron chi connectivity index (χ1n) is 14.3. The smallest absolute Gasteiger partial charge is 0.316 e. The van der Waals surface area contributed by atoms with Gasteiger partial charge in [0.2, 0.25) is 0 Å². The van der Waals surface area contributed by atoms with Crippen LogP contribution in [0, 0.1) is 11.8 Å². The standard InChI is InChI=1S/C18H20OP.C18H20P.Fe/c1-15-9-8-14-18(15)20(19,16-10-4-2-5-11-16)17-12-6-3-7-13-17;1-15-9-8-14-18(15)19(16-10-4-2-5-11-16)17-12-6-3-7-13-17;/h2-7,10-13,18H,8-9,14H2,1H3;2-7,10-13,18H,8-9,14H2,1H3;/q2*-1;+2. The molecule has 1 nitrogen and oxygen atoms in total. The Bertz CT molecular complexity index is 1250. The molecule has 4 aromatic rings. The van der Waals surface area contributed by atoms with E-state index in [2.05, 4.69) is 74.5 Å². The molecule has 2 atom stereocenters. The second-order valence-corrected chi connectivity index (χ2v) is 16.2. The van der Waals surface area contributed by atoms with Crippen molar-refractivity contribution in [2.75, 3.05) is 0 Å². The maximum absolute atomic E-state index is 14.0. The van der Waals surface area contributed by atoms with E-state index in [9.17, 15) is 4.57 Å². The third-order valence-corrected chi connectivity index (χ3v) is 15.1. The molecular formula is C36H40FeOP2. The van der Waals surface area contributed by atoms with Crippen LogP contribution in [0.3, 0.4) is 0 Å². The summed E-state index contributed by atoms with van der Waals surface area (Å²) in [5, 5.41) is 5.04. The molecule has 4 aromatic carbocycles. The van der Waals surface area contributed by atoms with E-state index in [1.54, 1.807) is 5.92 Å². The zero-order valence-corrected chi connectivity index (χ0v) is 26.5. The van der Waals surface area contributed by atoms with Gasteiger partial charge in [-0.25, -0.2) is 0 Å². The second-order valence-electron chi connectivity index (χ2n) is 10.9. The van der Waals surface area contributed by atoms with Crippen LogP contribution in [-0.2, 0) is 21.6 Å². The van der Waals surface area contributed by atoms with Gasteiger partial charge in [-0.3, -0.25) is 0 Å². The van der Waals surface area contributed by atoms with E-state index in [0.29, 0.717) is 0 Å². The summed E-state index contributed by atoms with van der Waals surface area (Å²) in [7, 11) is -2.79. The van der Waals surface area contributed by atoms with Crippen LogP contribution in [0.4, 0.5) is 0 Å². The van der Waals surface area contributed by atoms with Gasteiger partial charge >= 0.3 is 17.1 Å². The Morgan fingerprint density at radius 2 is 1.00 bits per heavy atom. The quantitative estimate of drug-likeness (QED) is 0.122. The van der Waals surface area contributed by atoms with E-state index < -0.39 is 7.14 Å². The Morgan fingerprint density at radius 3 is 1.38 bits per heavy atom. The molecule has 2 fully saturated rings. The average molecular weight is 607 g/mol. The van der Waals surface area contributed by atoms with Crippen LogP contribution < -0.4 is 21.2 Å². The molecule has 0 bridgehead atoms. The van der Waals surface area contributed by atoms with Gasteiger partial charge in [-0.2, -0.15) is 26.7 Å². The fraction of sp³-hybridized carbons (Fsp3) is 0.278. The van der Waals surface area contributed by atoms with Crippen molar-refractivity contribution >= 4 is 36.3 Å². The van der Waals surface area contributed by atoms with Crippen molar-refractivity contribution < 1.29 is 21.6 Å². The van der Waals surface area contributed by atoms with Crippen LogP contribution in [0.25, 0.3) is 0 Å². The van der Waals surface area contributed by atoms with E-state index in [4.69, 9.17) is 0 Å². The monoisotopic (exact) mass is 606 g/mol. The summed E-state index contributed by atoms with van der Waals surface area (Å²) in [5.74, 6) is 3.11. The zero-order chi connectivity index (χ0) is 27.1. The molecule has 40 heavy (non-hydrogen) atoms. The van der Waals surface area contributed by atoms with Crippen molar-refractivity contribution in [2.45, 2.75) is 63.7 Å². The van der Waals surface area contributed by atoms with E-state index in [0.717, 1.165) is 29.1 Å². The molecule has 4 heteroatoms. The van der Waals surface area contributed by atoms with Gasteiger partial charge in [0, 0.05) is 10.6 Å². The van der Waals surface area contributed by atoms with Gasteiger partial charge in [0.1, 0.15) is 7.14 Å². The van der Waals surface area contributed by atoms with Crippen molar-refractivity contribution in [3.63, 3.8) is 0 Å². The summed E-state index contributed by atoms with van der Waals surface area (Å²) in [6, 6.07) is 42.3. The minimum atomic E-state index is -2.56. The first-order valence-corrected chi connectivity index (χ1v) is 17.5. The predicted octanol–water partition coefficient (Wildman–Crippen LogP) is 8.41. The molecule has 2 aliphatic carbocycles. The van der Waals surface area contributed by atoms with E-state index in [-0.39, 0.29) is 30.6 Å². The van der Waals surface area contributed by atoms with Gasteiger partial charge in [0.25, 0.3) is 0 Å². The second kappa shape index (κ2) is 14.8. The van der Waals surface area contributed by atoms with Gasteiger partial charge in [0.05, 0.1) is 0 Å². The Morgan fingerprint density at radius 1 is 0.600 bits per heavy atom. The van der Waals surface area contributed by atoms with Gasteiger partial charge in [-0.15, -0.1) is 11.3 Å². The van der Waals surface area contributed by atoms with Crippen molar-refractivity contribution in [1.29, 1.82) is 0 Å². The summed E-state index contributed by atoms with van der Waals surface area (Å²) < 4.78 is 14.0. The Kier molecular flexibility index (Phi) is 11.5. The van der Waals surface area contributed by atoms with Crippen LogP contribution in [-0.4, -0.2) is 11.3 Å². The van der Waals surface area contributed by atoms with Crippen LogP contribution in [0.2, 0.25) is 0 Å². The Hall–Kier alpha value is -1.94. The molecule has 0 N–H and O–H groups in total. The summed E-state index contributed by atoms with van der Waals surface area (Å²) >= 11 is 0. The number of rotatable bonds is 6. The molecule has 0 heterocycles. The number of hydrogen-bond donors (Lipinski definition) is 0. The normalized spacial score (nSPS) is 19.6. The molecule has 0 aliphatic heterocycles. The SMILES string of the molecule is C[C-]1CCCC1P(=O)(c1ccccc1)c1ccccc1.C[C-]1CCCC1P(c1ccccc1)c1ccccc1.[Fe+2]. The topological polar surface area (TPSA) is 17.1 Å². The molecule has 0 saturated heterocycles. The first-order chi connectivity index (χ1) is 19.1. The van der Waals surface area contributed by atoms with Crippen molar-refractivity contribution in [1.82, 2.24) is 0 Å². The van der Waals surface area contributed by atoms with E-state index in [1.165, 1.54) is 42.2 Å². The van der Waals surface area contributed by atoms with Crippen molar-refractivity contribution in [3.8, 4) is 0 Å². The zero-order valence-electron chi connectivity index (χ0n) is 23.6. The van der Waals surface area contributed by atoms with Crippen LogP contribution in [0.15, 0.2) is 121 Å². The largest absolute Gasteiger partial charge is 2.00 e. The minimum absolute atomic E-state index is 0. The van der Waals surface area contributed by atoms with Crippen LogP contribution >= 0.6 is 15.1 Å². The molecule has 2 saturated carbocycles. The van der Waals surface area contributed by atoms with Gasteiger partial charge in [0.15, 0.2) is 0 Å².